The molecule has 0 spiro atoms. The molecular formula is C39H22N2O2. The molecular weight excluding hydrogens is 528 g/mol. The summed E-state index contributed by atoms with van der Waals surface area (Å²) < 4.78 is 1.34. The van der Waals surface area contributed by atoms with Gasteiger partial charge in [0.25, 0.3) is 11.1 Å². The van der Waals surface area contributed by atoms with Crippen molar-refractivity contribution in [2.75, 3.05) is 0 Å². The fourth-order valence-corrected chi connectivity index (χ4v) is 7.03. The molecule has 9 aromatic rings. The smallest absolute Gasteiger partial charge is 0.267 e. The van der Waals surface area contributed by atoms with Crippen LogP contribution in [0, 0.1) is 0 Å². The van der Waals surface area contributed by atoms with Crippen LogP contribution < -0.4 is 11.1 Å². The van der Waals surface area contributed by atoms with Gasteiger partial charge in [-0.25, -0.2) is 4.40 Å². The molecule has 4 heteroatoms. The van der Waals surface area contributed by atoms with E-state index in [1.54, 1.807) is 18.5 Å². The van der Waals surface area contributed by atoms with Crippen LogP contribution in [-0.2, 0) is 0 Å². The van der Waals surface area contributed by atoms with Gasteiger partial charge >= 0.3 is 0 Å². The zero-order valence-electron chi connectivity index (χ0n) is 22.9. The largest absolute Gasteiger partial charge is 0.268 e. The van der Waals surface area contributed by atoms with E-state index in [9.17, 15) is 9.59 Å². The minimum Gasteiger partial charge on any atom is -0.268 e. The minimum atomic E-state index is -0.341. The van der Waals surface area contributed by atoms with Gasteiger partial charge in [0.2, 0.25) is 0 Å². The highest BCUT2D eigenvalue weighted by molar-refractivity contribution is 6.24. The van der Waals surface area contributed by atoms with Gasteiger partial charge in [-0.15, -0.1) is 0 Å². The summed E-state index contributed by atoms with van der Waals surface area (Å²) in [4.78, 5) is 31.8. The van der Waals surface area contributed by atoms with E-state index < -0.39 is 0 Å². The standard InChI is InChI=1S/C39H22N2O2/c42-38-31-17-9-4-12-25(31)32-20-24(21-33-26-18-19-40-22-34(26)39(43)41(38)37(32)33)36-29-15-7-5-13-27(29)35(23-10-2-1-3-11-23)28-14-6-8-16-30(28)36/h1-22H. The van der Waals surface area contributed by atoms with E-state index >= 15 is 0 Å². The summed E-state index contributed by atoms with van der Waals surface area (Å²) in [6, 6.07) is 41.5. The second kappa shape index (κ2) is 8.81. The molecule has 0 bridgehead atoms. The summed E-state index contributed by atoms with van der Waals surface area (Å²) >= 11 is 0. The molecule has 9 rings (SSSR count). The number of rotatable bonds is 2. The molecule has 0 saturated carbocycles. The van der Waals surface area contributed by atoms with Crippen LogP contribution in [0.1, 0.15) is 0 Å². The molecule has 200 valence electrons. The van der Waals surface area contributed by atoms with E-state index in [4.69, 9.17) is 0 Å². The van der Waals surface area contributed by atoms with Crippen LogP contribution in [0.4, 0.5) is 0 Å². The van der Waals surface area contributed by atoms with Crippen molar-refractivity contribution >= 4 is 59.4 Å². The highest BCUT2D eigenvalue weighted by atomic mass is 16.2. The van der Waals surface area contributed by atoms with Gasteiger partial charge in [0, 0.05) is 28.6 Å². The van der Waals surface area contributed by atoms with E-state index in [0.29, 0.717) is 16.3 Å². The van der Waals surface area contributed by atoms with Crippen LogP contribution in [0.5, 0.6) is 0 Å². The average Bonchev–Trinajstić information content (AvgIpc) is 3.07. The zero-order chi connectivity index (χ0) is 28.7. The number of benzene rings is 6. The maximum absolute atomic E-state index is 13.8. The Balaban J connectivity index is 1.54. The molecule has 0 atom stereocenters. The van der Waals surface area contributed by atoms with Gasteiger partial charge < -0.3 is 0 Å². The lowest BCUT2D eigenvalue weighted by Crippen LogP contribution is -2.27. The van der Waals surface area contributed by atoms with Crippen molar-refractivity contribution < 1.29 is 0 Å². The van der Waals surface area contributed by atoms with Crippen LogP contribution in [0.15, 0.2) is 143 Å². The summed E-state index contributed by atoms with van der Waals surface area (Å²) in [5, 5.41) is 8.94. The van der Waals surface area contributed by atoms with E-state index in [-0.39, 0.29) is 11.1 Å². The zero-order valence-corrected chi connectivity index (χ0v) is 22.9. The Morgan fingerprint density at radius 3 is 1.49 bits per heavy atom. The molecule has 0 saturated heterocycles. The Morgan fingerprint density at radius 1 is 0.419 bits per heavy atom. The number of pyridine rings is 3. The fourth-order valence-electron chi connectivity index (χ4n) is 7.03. The van der Waals surface area contributed by atoms with Crippen LogP contribution >= 0.6 is 0 Å². The van der Waals surface area contributed by atoms with Gasteiger partial charge in [-0.05, 0) is 78.8 Å². The van der Waals surface area contributed by atoms with Crippen molar-refractivity contribution in [2.24, 2.45) is 0 Å². The van der Waals surface area contributed by atoms with Gasteiger partial charge in [0.1, 0.15) is 0 Å². The molecule has 0 unspecified atom stereocenters. The predicted molar refractivity (Wildman–Crippen MR) is 177 cm³/mol. The Hall–Kier alpha value is -5.87. The lowest BCUT2D eigenvalue weighted by molar-refractivity contribution is 1.08. The third kappa shape index (κ3) is 3.23. The first kappa shape index (κ1) is 23.8. The highest BCUT2D eigenvalue weighted by Crippen LogP contribution is 2.45. The molecule has 6 aromatic carbocycles. The molecule has 0 aliphatic rings. The molecule has 0 aliphatic carbocycles. The van der Waals surface area contributed by atoms with Gasteiger partial charge in [-0.1, -0.05) is 97.1 Å². The summed E-state index contributed by atoms with van der Waals surface area (Å²) in [6.45, 7) is 0. The third-order valence-electron chi connectivity index (χ3n) is 8.81. The highest BCUT2D eigenvalue weighted by Gasteiger charge is 2.21. The summed E-state index contributed by atoms with van der Waals surface area (Å²) in [5.41, 5.74) is 4.53. The molecule has 3 aromatic heterocycles. The fraction of sp³-hybridized carbons (Fsp3) is 0. The Morgan fingerprint density at radius 2 is 0.884 bits per heavy atom. The van der Waals surface area contributed by atoms with Gasteiger partial charge in [0.15, 0.2) is 0 Å². The monoisotopic (exact) mass is 550 g/mol. The van der Waals surface area contributed by atoms with Crippen molar-refractivity contribution in [2.45, 2.75) is 0 Å². The molecule has 0 radical (unpaired) electrons. The SMILES string of the molecule is O=c1c2ccccc2c2cc(-c3c4ccccc4c(-c4ccccc4)c4ccccc34)cc3c4ccncc4c(=O)n1c23. The lowest BCUT2D eigenvalue weighted by Gasteiger charge is -2.19. The summed E-state index contributed by atoms with van der Waals surface area (Å²) in [7, 11) is 0. The quantitative estimate of drug-likeness (QED) is 0.160. The Kier molecular flexibility index (Phi) is 4.88. The summed E-state index contributed by atoms with van der Waals surface area (Å²) in [6.07, 6.45) is 3.28. The van der Waals surface area contributed by atoms with E-state index in [1.165, 1.54) is 26.3 Å². The normalized spacial score (nSPS) is 11.9. The minimum absolute atomic E-state index is 0.306. The molecule has 43 heavy (non-hydrogen) atoms. The topological polar surface area (TPSA) is 51.4 Å². The van der Waals surface area contributed by atoms with Crippen molar-refractivity contribution in [3.8, 4) is 22.3 Å². The Labute approximate surface area is 245 Å². The van der Waals surface area contributed by atoms with Gasteiger partial charge in [-0.2, -0.15) is 0 Å². The van der Waals surface area contributed by atoms with E-state index in [1.807, 2.05) is 30.3 Å². The number of hydrogen-bond donors (Lipinski definition) is 0. The molecule has 0 aliphatic heterocycles. The molecule has 0 fully saturated rings. The molecule has 0 N–H and O–H groups in total. The maximum Gasteiger partial charge on any atom is 0.267 e. The van der Waals surface area contributed by atoms with Crippen LogP contribution in [-0.4, -0.2) is 9.38 Å². The van der Waals surface area contributed by atoms with Gasteiger partial charge in [-0.3, -0.25) is 14.6 Å². The van der Waals surface area contributed by atoms with E-state index in [2.05, 4.69) is 89.9 Å². The number of nitrogens with zero attached hydrogens (tertiary/aromatic N) is 2. The first-order valence-corrected chi connectivity index (χ1v) is 14.3. The molecule has 4 nitrogen and oxygen atoms in total. The second-order valence-electron chi connectivity index (χ2n) is 11.0. The van der Waals surface area contributed by atoms with Crippen LogP contribution in [0.2, 0.25) is 0 Å². The lowest BCUT2D eigenvalue weighted by atomic mass is 9.85. The van der Waals surface area contributed by atoms with Crippen molar-refractivity contribution in [1.82, 2.24) is 9.38 Å². The predicted octanol–water partition coefficient (Wildman–Crippen LogP) is 8.59. The second-order valence-corrected chi connectivity index (χ2v) is 11.0. The van der Waals surface area contributed by atoms with Crippen molar-refractivity contribution in [1.29, 1.82) is 0 Å². The maximum atomic E-state index is 13.8. The number of hydrogen-bond acceptors (Lipinski definition) is 3. The average molecular weight is 551 g/mol. The first-order chi connectivity index (χ1) is 21.2. The number of aromatic nitrogens is 2. The van der Waals surface area contributed by atoms with Crippen molar-refractivity contribution in [3.05, 3.63) is 154 Å². The van der Waals surface area contributed by atoms with Gasteiger partial charge in [0.05, 0.1) is 10.9 Å². The first-order valence-electron chi connectivity index (χ1n) is 14.3. The third-order valence-corrected chi connectivity index (χ3v) is 8.81. The Bertz CT molecular complexity index is 2550. The molecule has 3 heterocycles. The molecule has 0 amide bonds. The van der Waals surface area contributed by atoms with Crippen LogP contribution in [0.25, 0.3) is 81.6 Å². The summed E-state index contributed by atoms with van der Waals surface area (Å²) in [5.74, 6) is 0. The van der Waals surface area contributed by atoms with Crippen LogP contribution in [0.3, 0.4) is 0 Å². The number of fused-ring (bicyclic) bond motifs is 6. The van der Waals surface area contributed by atoms with Crippen molar-refractivity contribution in [3.63, 3.8) is 0 Å². The van der Waals surface area contributed by atoms with E-state index in [0.717, 1.165) is 43.4 Å².